The number of pyridine rings is 1. The Balaban J connectivity index is 1.99. The van der Waals surface area contributed by atoms with Gasteiger partial charge in [-0.25, -0.2) is 0 Å². The maximum Gasteiger partial charge on any atom is 0.416 e. The van der Waals surface area contributed by atoms with Crippen LogP contribution in [-0.4, -0.2) is 35.6 Å². The van der Waals surface area contributed by atoms with E-state index < -0.39 is 17.6 Å². The molecule has 0 aliphatic carbocycles. The third kappa shape index (κ3) is 6.07. The van der Waals surface area contributed by atoms with Crippen LogP contribution in [0.25, 0.3) is 0 Å². The van der Waals surface area contributed by atoms with Gasteiger partial charge in [-0.05, 0) is 83.7 Å². The summed E-state index contributed by atoms with van der Waals surface area (Å²) in [6.07, 6.45) is -3.01. The van der Waals surface area contributed by atoms with Gasteiger partial charge in [0.2, 0.25) is 0 Å². The van der Waals surface area contributed by atoms with Gasteiger partial charge in [0.05, 0.1) is 5.56 Å². The van der Waals surface area contributed by atoms with Crippen molar-refractivity contribution in [3.05, 3.63) is 62.1 Å². The number of nitrogens with one attached hydrogen (secondary N) is 3. The maximum atomic E-state index is 13.9. The molecule has 0 radical (unpaired) electrons. The standard InChI is InChI=1S/C26H35F3N4O2/c1-7-33(20-9-16(4)31-17(5)10-20)23-12-19(26(27,28)29)11-21(18(23)6)24(34)30-13-22-14(2)8-15(3)32-25(22)35/h8,11-12,16-17,20,31H,7,9-10,13H2,1-6H3,(H,30,34)(H,32,35)/t16-,17+,20+. The van der Waals surface area contributed by atoms with Gasteiger partial charge < -0.3 is 20.5 Å². The summed E-state index contributed by atoms with van der Waals surface area (Å²) in [5, 5.41) is 6.12. The molecular weight excluding hydrogens is 457 g/mol. The van der Waals surface area contributed by atoms with Crippen molar-refractivity contribution < 1.29 is 18.0 Å². The molecule has 1 aromatic heterocycles. The van der Waals surface area contributed by atoms with Crippen molar-refractivity contribution in [2.45, 2.75) is 85.2 Å². The fraction of sp³-hybridized carbons (Fsp3) is 0.538. The lowest BCUT2D eigenvalue weighted by atomic mass is 9.92. The number of carbonyl (C=O) groups excluding carboxylic acids is 1. The van der Waals surface area contributed by atoms with Gasteiger partial charge in [0.25, 0.3) is 11.5 Å². The van der Waals surface area contributed by atoms with Crippen LogP contribution >= 0.6 is 0 Å². The highest BCUT2D eigenvalue weighted by Crippen LogP contribution is 2.37. The number of aromatic amines is 1. The number of aryl methyl sites for hydroxylation is 2. The normalized spacial score (nSPS) is 20.5. The predicted octanol–water partition coefficient (Wildman–Crippen LogP) is 4.60. The summed E-state index contributed by atoms with van der Waals surface area (Å²) in [7, 11) is 0. The van der Waals surface area contributed by atoms with E-state index in [1.807, 2.05) is 11.8 Å². The summed E-state index contributed by atoms with van der Waals surface area (Å²) in [6, 6.07) is 4.38. The molecule has 1 fully saturated rings. The highest BCUT2D eigenvalue weighted by Gasteiger charge is 2.35. The minimum Gasteiger partial charge on any atom is -0.368 e. The quantitative estimate of drug-likeness (QED) is 0.551. The molecule has 6 nitrogen and oxygen atoms in total. The predicted molar refractivity (Wildman–Crippen MR) is 132 cm³/mol. The lowest BCUT2D eigenvalue weighted by Crippen LogP contribution is -2.51. The van der Waals surface area contributed by atoms with E-state index in [2.05, 4.69) is 29.5 Å². The van der Waals surface area contributed by atoms with Crippen LogP contribution in [0.5, 0.6) is 0 Å². The van der Waals surface area contributed by atoms with E-state index in [9.17, 15) is 22.8 Å². The second kappa shape index (κ2) is 10.4. The van der Waals surface area contributed by atoms with Gasteiger partial charge in [0, 0.05) is 53.7 Å². The summed E-state index contributed by atoms with van der Waals surface area (Å²) in [4.78, 5) is 30.1. The number of hydrogen-bond donors (Lipinski definition) is 3. The SMILES string of the molecule is CCN(c1cc(C(F)(F)F)cc(C(=O)NCc2c(C)cc(C)[nH]c2=O)c1C)[C@H]1C[C@@H](C)N[C@@H](C)C1. The average molecular weight is 493 g/mol. The van der Waals surface area contributed by atoms with Crippen LogP contribution in [0.3, 0.4) is 0 Å². The van der Waals surface area contributed by atoms with Crippen molar-refractivity contribution in [2.24, 2.45) is 0 Å². The Morgan fingerprint density at radius 1 is 1.11 bits per heavy atom. The van der Waals surface area contributed by atoms with Crippen LogP contribution in [0.4, 0.5) is 18.9 Å². The average Bonchev–Trinajstić information content (AvgIpc) is 2.73. The number of H-pyrrole nitrogens is 1. The molecule has 1 aliphatic heterocycles. The Bertz CT molecular complexity index is 1130. The van der Waals surface area contributed by atoms with E-state index >= 15 is 0 Å². The molecule has 2 aromatic rings. The van der Waals surface area contributed by atoms with Crippen LogP contribution in [0, 0.1) is 20.8 Å². The van der Waals surface area contributed by atoms with Gasteiger partial charge in [-0.15, -0.1) is 0 Å². The van der Waals surface area contributed by atoms with Crippen LogP contribution in [0.15, 0.2) is 23.0 Å². The molecule has 0 spiro atoms. The number of nitrogens with zero attached hydrogens (tertiary/aromatic N) is 1. The van der Waals surface area contributed by atoms with Crippen molar-refractivity contribution in [1.82, 2.24) is 15.6 Å². The van der Waals surface area contributed by atoms with Crippen LogP contribution < -0.4 is 21.1 Å². The molecule has 1 saturated heterocycles. The van der Waals surface area contributed by atoms with Crippen molar-refractivity contribution >= 4 is 11.6 Å². The zero-order chi connectivity index (χ0) is 26.1. The Hall–Kier alpha value is -2.81. The molecule has 192 valence electrons. The first-order valence-electron chi connectivity index (χ1n) is 12.0. The number of alkyl halides is 3. The molecule has 3 N–H and O–H groups in total. The highest BCUT2D eigenvalue weighted by atomic mass is 19.4. The zero-order valence-electron chi connectivity index (χ0n) is 21.2. The number of rotatable bonds is 6. The third-order valence-electron chi connectivity index (χ3n) is 6.78. The molecular formula is C26H35F3N4O2. The molecule has 9 heteroatoms. The van der Waals surface area contributed by atoms with Crippen molar-refractivity contribution in [3.8, 4) is 0 Å². The molecule has 1 amide bonds. The van der Waals surface area contributed by atoms with E-state index in [1.165, 1.54) is 0 Å². The highest BCUT2D eigenvalue weighted by molar-refractivity contribution is 5.97. The molecule has 3 rings (SSSR count). The fourth-order valence-corrected chi connectivity index (χ4v) is 5.18. The Morgan fingerprint density at radius 3 is 2.29 bits per heavy atom. The molecule has 1 aromatic carbocycles. The zero-order valence-corrected chi connectivity index (χ0v) is 21.2. The van der Waals surface area contributed by atoms with Crippen molar-refractivity contribution in [1.29, 1.82) is 0 Å². The molecule has 0 bridgehead atoms. The summed E-state index contributed by atoms with van der Waals surface area (Å²) < 4.78 is 41.6. The number of benzene rings is 1. The minimum atomic E-state index is -4.60. The number of hydrogen-bond acceptors (Lipinski definition) is 4. The van der Waals surface area contributed by atoms with Crippen molar-refractivity contribution in [2.75, 3.05) is 11.4 Å². The van der Waals surface area contributed by atoms with Gasteiger partial charge in [-0.3, -0.25) is 9.59 Å². The summed E-state index contributed by atoms with van der Waals surface area (Å²) in [6.45, 7) is 11.7. The van der Waals surface area contributed by atoms with Gasteiger partial charge in [0.1, 0.15) is 0 Å². The molecule has 1 aliphatic rings. The van der Waals surface area contributed by atoms with E-state index in [-0.39, 0.29) is 35.8 Å². The van der Waals surface area contributed by atoms with Crippen LogP contribution in [0.1, 0.15) is 71.9 Å². The fourth-order valence-electron chi connectivity index (χ4n) is 5.18. The lowest BCUT2D eigenvalue weighted by Gasteiger charge is -2.41. The number of halogens is 3. The first-order valence-corrected chi connectivity index (χ1v) is 12.0. The maximum absolute atomic E-state index is 13.9. The Kier molecular flexibility index (Phi) is 7.99. The van der Waals surface area contributed by atoms with Gasteiger partial charge in [0.15, 0.2) is 0 Å². The number of piperidine rings is 1. The minimum absolute atomic E-state index is 0.0375. The van der Waals surface area contributed by atoms with Crippen LogP contribution in [-0.2, 0) is 12.7 Å². The largest absolute Gasteiger partial charge is 0.416 e. The number of carbonyl (C=O) groups is 1. The first kappa shape index (κ1) is 26.8. The lowest BCUT2D eigenvalue weighted by molar-refractivity contribution is -0.137. The Morgan fingerprint density at radius 2 is 1.74 bits per heavy atom. The van der Waals surface area contributed by atoms with E-state index in [1.54, 1.807) is 26.8 Å². The smallest absolute Gasteiger partial charge is 0.368 e. The van der Waals surface area contributed by atoms with Gasteiger partial charge in [-0.1, -0.05) is 0 Å². The summed E-state index contributed by atoms with van der Waals surface area (Å²) in [5.74, 6) is -0.641. The molecule has 0 unspecified atom stereocenters. The van der Waals surface area contributed by atoms with Crippen LogP contribution in [0.2, 0.25) is 0 Å². The summed E-state index contributed by atoms with van der Waals surface area (Å²) in [5.41, 5.74) is 1.47. The second-order valence-electron chi connectivity index (χ2n) is 9.67. The third-order valence-corrected chi connectivity index (χ3v) is 6.78. The molecule has 3 atom stereocenters. The number of aromatic nitrogens is 1. The van der Waals surface area contributed by atoms with Gasteiger partial charge in [-0.2, -0.15) is 13.2 Å². The first-order chi connectivity index (χ1) is 16.3. The van der Waals surface area contributed by atoms with E-state index in [0.29, 0.717) is 34.6 Å². The number of anilines is 1. The monoisotopic (exact) mass is 492 g/mol. The van der Waals surface area contributed by atoms with Crippen molar-refractivity contribution in [3.63, 3.8) is 0 Å². The second-order valence-corrected chi connectivity index (χ2v) is 9.67. The topological polar surface area (TPSA) is 77.2 Å². The molecule has 35 heavy (non-hydrogen) atoms. The Labute approximate surface area is 204 Å². The number of amides is 1. The molecule has 2 heterocycles. The molecule has 0 saturated carbocycles. The van der Waals surface area contributed by atoms with Gasteiger partial charge >= 0.3 is 6.18 Å². The van der Waals surface area contributed by atoms with E-state index in [4.69, 9.17) is 0 Å². The summed E-state index contributed by atoms with van der Waals surface area (Å²) >= 11 is 0. The van der Waals surface area contributed by atoms with E-state index in [0.717, 1.165) is 25.0 Å².